The van der Waals surface area contributed by atoms with Gasteiger partial charge in [0, 0.05) is 15.8 Å². The summed E-state index contributed by atoms with van der Waals surface area (Å²) in [5.74, 6) is 0.840. The number of hydrogen-bond acceptors (Lipinski definition) is 3. The number of aryl methyl sites for hydroxylation is 3. The summed E-state index contributed by atoms with van der Waals surface area (Å²) in [7, 11) is 0. The minimum atomic E-state index is -0.682. The average Bonchev–Trinajstić information content (AvgIpc) is 3.01. The monoisotopic (exact) mass is 467 g/mol. The van der Waals surface area contributed by atoms with E-state index in [2.05, 4.69) is 66.3 Å². The molecule has 0 bridgehead atoms. The third-order valence-electron chi connectivity index (χ3n) is 6.08. The van der Waals surface area contributed by atoms with Crippen molar-refractivity contribution in [2.75, 3.05) is 0 Å². The Labute approximate surface area is 184 Å². The van der Waals surface area contributed by atoms with Crippen molar-refractivity contribution in [3.63, 3.8) is 0 Å². The Morgan fingerprint density at radius 3 is 2.47 bits per heavy atom. The topological polar surface area (TPSA) is 80.6 Å². The van der Waals surface area contributed by atoms with Crippen molar-refractivity contribution >= 4 is 38.6 Å². The fraction of sp³-hybridized carbons (Fsp3) is 0.333. The molecular weight excluding hydrogens is 442 g/mol. The number of hydrazone groups is 1. The second kappa shape index (κ2) is 7.58. The molecule has 3 aromatic rings. The molecule has 0 radical (unpaired) electrons. The van der Waals surface area contributed by atoms with E-state index < -0.39 is 6.03 Å². The molecule has 5 nitrogen and oxygen atoms in total. The highest BCUT2D eigenvalue weighted by atomic mass is 79.9. The first-order valence-electron chi connectivity index (χ1n) is 10.1. The molecule has 1 aromatic heterocycles. The van der Waals surface area contributed by atoms with E-state index in [4.69, 9.17) is 10.2 Å². The number of urea groups is 1. The lowest BCUT2D eigenvalue weighted by Gasteiger charge is -2.47. The predicted molar refractivity (Wildman–Crippen MR) is 124 cm³/mol. The maximum atomic E-state index is 11.3. The number of nitrogens with zero attached hydrogens (tertiary/aromatic N) is 1. The van der Waals surface area contributed by atoms with Gasteiger partial charge in [0.05, 0.1) is 0 Å². The molecule has 1 aliphatic rings. The fourth-order valence-electron chi connectivity index (χ4n) is 5.16. The molecule has 0 unspecified atom stereocenters. The van der Waals surface area contributed by atoms with Crippen molar-refractivity contribution in [2.45, 2.75) is 46.0 Å². The first kappa shape index (κ1) is 20.7. The Morgan fingerprint density at radius 2 is 1.83 bits per heavy atom. The summed E-state index contributed by atoms with van der Waals surface area (Å²) in [4.78, 5) is 11.3. The number of rotatable bonds is 4. The lowest BCUT2D eigenvalue weighted by atomic mass is 9.57. The van der Waals surface area contributed by atoms with Gasteiger partial charge in [-0.05, 0) is 80.0 Å². The molecule has 1 fully saturated rings. The van der Waals surface area contributed by atoms with Crippen LogP contribution in [0.4, 0.5) is 4.79 Å². The van der Waals surface area contributed by atoms with Gasteiger partial charge >= 0.3 is 6.03 Å². The van der Waals surface area contributed by atoms with Crippen LogP contribution in [-0.2, 0) is 5.41 Å². The van der Waals surface area contributed by atoms with Crippen LogP contribution < -0.4 is 11.2 Å². The van der Waals surface area contributed by atoms with Gasteiger partial charge < -0.3 is 10.2 Å². The fourth-order valence-corrected chi connectivity index (χ4v) is 5.54. The van der Waals surface area contributed by atoms with Crippen molar-refractivity contribution in [1.82, 2.24) is 5.43 Å². The van der Waals surface area contributed by atoms with Crippen LogP contribution in [0.5, 0.6) is 0 Å². The lowest BCUT2D eigenvalue weighted by molar-refractivity contribution is 0.214. The van der Waals surface area contributed by atoms with Crippen LogP contribution in [0.15, 0.2) is 50.4 Å². The SMILES string of the molecule is Cc1cc(C)c(C2(C)CC(/C(=N\NC(N)=O)c3cc4cc(Br)ccc4o3)C2)c(C)c1. The number of nitrogens with two attached hydrogens (primary N) is 1. The summed E-state index contributed by atoms with van der Waals surface area (Å²) >= 11 is 3.50. The zero-order valence-electron chi connectivity index (χ0n) is 17.7. The zero-order valence-corrected chi connectivity index (χ0v) is 19.3. The molecule has 3 N–H and O–H groups in total. The molecule has 156 valence electrons. The van der Waals surface area contributed by atoms with Gasteiger partial charge in [-0.2, -0.15) is 5.10 Å². The molecular formula is C24H26BrN3O2. The minimum absolute atomic E-state index is 0.0646. The first-order chi connectivity index (χ1) is 14.2. The quantitative estimate of drug-likeness (QED) is 0.372. The Balaban J connectivity index is 1.67. The second-order valence-electron chi connectivity index (χ2n) is 8.71. The summed E-state index contributed by atoms with van der Waals surface area (Å²) in [6, 6.07) is 11.7. The lowest BCUT2D eigenvalue weighted by Crippen LogP contribution is -2.44. The van der Waals surface area contributed by atoms with Gasteiger partial charge in [0.15, 0.2) is 5.76 Å². The van der Waals surface area contributed by atoms with E-state index in [0.717, 1.165) is 34.0 Å². The molecule has 2 aromatic carbocycles. The standard InChI is InChI=1S/C24H26BrN3O2/c1-13-7-14(2)21(15(3)8-13)24(4)11-17(12-24)22(27-28-23(26)29)20-10-16-9-18(25)5-6-19(16)30-20/h5-10,17H,11-12H2,1-4H3,(H3,26,28,29)/b27-22+. The Morgan fingerprint density at radius 1 is 1.17 bits per heavy atom. The van der Waals surface area contributed by atoms with E-state index >= 15 is 0 Å². The third kappa shape index (κ3) is 3.76. The minimum Gasteiger partial charge on any atom is -0.455 e. The Bertz CT molecular complexity index is 1150. The molecule has 0 saturated heterocycles. The summed E-state index contributed by atoms with van der Waals surface area (Å²) in [6.45, 7) is 8.82. The maximum absolute atomic E-state index is 11.3. The van der Waals surface area contributed by atoms with Crippen LogP contribution >= 0.6 is 15.9 Å². The molecule has 6 heteroatoms. The Hall–Kier alpha value is -2.60. The zero-order chi connectivity index (χ0) is 21.6. The van der Waals surface area contributed by atoms with Gasteiger partial charge in [-0.3, -0.25) is 0 Å². The number of furan rings is 1. The number of amides is 2. The van der Waals surface area contributed by atoms with Crippen molar-refractivity contribution in [2.24, 2.45) is 16.8 Å². The molecule has 0 atom stereocenters. The molecule has 1 saturated carbocycles. The molecule has 2 amide bonds. The highest BCUT2D eigenvalue weighted by molar-refractivity contribution is 9.10. The van der Waals surface area contributed by atoms with E-state index in [1.54, 1.807) is 0 Å². The van der Waals surface area contributed by atoms with Crippen molar-refractivity contribution in [3.8, 4) is 0 Å². The average molecular weight is 468 g/mol. The summed E-state index contributed by atoms with van der Waals surface area (Å²) in [6.07, 6.45) is 1.86. The maximum Gasteiger partial charge on any atom is 0.332 e. The highest BCUT2D eigenvalue weighted by Gasteiger charge is 2.46. The normalized spacial score (nSPS) is 21.5. The summed E-state index contributed by atoms with van der Waals surface area (Å²) in [5, 5.41) is 5.32. The summed E-state index contributed by atoms with van der Waals surface area (Å²) in [5.41, 5.74) is 14.6. The smallest absolute Gasteiger partial charge is 0.332 e. The molecule has 1 heterocycles. The number of nitrogens with one attached hydrogen (secondary N) is 1. The molecule has 0 aliphatic heterocycles. The number of fused-ring (bicyclic) bond motifs is 1. The molecule has 0 spiro atoms. The van der Waals surface area contributed by atoms with Crippen LogP contribution in [0.25, 0.3) is 11.0 Å². The third-order valence-corrected chi connectivity index (χ3v) is 6.57. The second-order valence-corrected chi connectivity index (χ2v) is 9.62. The van der Waals surface area contributed by atoms with E-state index in [1.165, 1.54) is 22.3 Å². The van der Waals surface area contributed by atoms with Gasteiger partial charge in [0.2, 0.25) is 0 Å². The highest BCUT2D eigenvalue weighted by Crippen LogP contribution is 2.51. The molecule has 1 aliphatic carbocycles. The summed E-state index contributed by atoms with van der Waals surface area (Å²) < 4.78 is 7.05. The van der Waals surface area contributed by atoms with Gasteiger partial charge in [0.1, 0.15) is 11.3 Å². The van der Waals surface area contributed by atoms with Crippen LogP contribution in [0.2, 0.25) is 0 Å². The van der Waals surface area contributed by atoms with Crippen LogP contribution in [0.1, 0.15) is 47.8 Å². The number of benzene rings is 2. The van der Waals surface area contributed by atoms with Gasteiger partial charge in [-0.1, -0.05) is 40.5 Å². The van der Waals surface area contributed by atoms with Crippen LogP contribution in [0, 0.1) is 26.7 Å². The van der Waals surface area contributed by atoms with Crippen molar-refractivity contribution < 1.29 is 9.21 Å². The van der Waals surface area contributed by atoms with E-state index in [-0.39, 0.29) is 11.3 Å². The molecule has 4 rings (SSSR count). The number of hydrogen-bond donors (Lipinski definition) is 2. The molecule has 30 heavy (non-hydrogen) atoms. The van der Waals surface area contributed by atoms with Gasteiger partial charge in [0.25, 0.3) is 0 Å². The van der Waals surface area contributed by atoms with Gasteiger partial charge in [-0.25, -0.2) is 10.2 Å². The number of carbonyl (C=O) groups is 1. The number of halogens is 1. The largest absolute Gasteiger partial charge is 0.455 e. The van der Waals surface area contributed by atoms with E-state index in [9.17, 15) is 4.79 Å². The van der Waals surface area contributed by atoms with Crippen molar-refractivity contribution in [1.29, 1.82) is 0 Å². The number of primary amides is 1. The van der Waals surface area contributed by atoms with Crippen LogP contribution in [-0.4, -0.2) is 11.7 Å². The number of carbonyl (C=O) groups excluding carboxylic acids is 1. The predicted octanol–water partition coefficient (Wildman–Crippen LogP) is 5.86. The van der Waals surface area contributed by atoms with Gasteiger partial charge in [-0.15, -0.1) is 0 Å². The first-order valence-corrected chi connectivity index (χ1v) is 10.9. The van der Waals surface area contributed by atoms with Crippen molar-refractivity contribution in [3.05, 3.63) is 68.9 Å². The Kier molecular flexibility index (Phi) is 5.22. The van der Waals surface area contributed by atoms with E-state index in [1.807, 2.05) is 24.3 Å². The van der Waals surface area contributed by atoms with Crippen LogP contribution in [0.3, 0.4) is 0 Å². The van der Waals surface area contributed by atoms with E-state index in [0.29, 0.717) is 5.76 Å².